The maximum absolute atomic E-state index is 11.9. The maximum atomic E-state index is 11.9. The minimum absolute atomic E-state index is 0.0468. The number of carbonyl (C=O) groups is 1. The molecule has 5 heteroatoms. The van der Waals surface area contributed by atoms with E-state index in [0.29, 0.717) is 29.5 Å². The molecule has 1 saturated heterocycles. The number of aliphatic hydroxyl groups excluding tert-OH is 1. The van der Waals surface area contributed by atoms with Crippen molar-refractivity contribution in [1.82, 2.24) is 4.90 Å². The number of rotatable bonds is 1. The Bertz CT molecular complexity index is 422. The Labute approximate surface area is 102 Å². The lowest BCUT2D eigenvalue weighted by atomic mass is 10.2. The van der Waals surface area contributed by atoms with Crippen LogP contribution >= 0.6 is 15.9 Å². The summed E-state index contributed by atoms with van der Waals surface area (Å²) in [4.78, 5) is 13.5. The van der Waals surface area contributed by atoms with Crippen molar-refractivity contribution >= 4 is 21.8 Å². The number of hydrogen-bond donors (Lipinski definition) is 2. The van der Waals surface area contributed by atoms with Crippen LogP contribution in [0.3, 0.4) is 0 Å². The van der Waals surface area contributed by atoms with Crippen LogP contribution < -0.4 is 0 Å². The molecule has 1 aliphatic rings. The summed E-state index contributed by atoms with van der Waals surface area (Å²) in [5.74, 6) is -0.107. The molecule has 1 aromatic rings. The molecule has 1 aromatic carbocycles. The van der Waals surface area contributed by atoms with Gasteiger partial charge in [0.05, 0.1) is 10.6 Å². The summed E-state index contributed by atoms with van der Waals surface area (Å²) in [6.07, 6.45) is 0.196. The molecule has 2 N–H and O–H groups in total. The van der Waals surface area contributed by atoms with E-state index in [1.165, 1.54) is 6.07 Å². The SMILES string of the molecule is O=C(c1ccc(Br)c(O)c1)N1CCC(O)C1. The third-order valence-corrected chi connectivity index (χ3v) is 3.31. The summed E-state index contributed by atoms with van der Waals surface area (Å²) < 4.78 is 0.561. The highest BCUT2D eigenvalue weighted by molar-refractivity contribution is 9.10. The molecule has 1 fully saturated rings. The summed E-state index contributed by atoms with van der Waals surface area (Å²) in [6.45, 7) is 0.937. The summed E-state index contributed by atoms with van der Waals surface area (Å²) in [5, 5.41) is 18.8. The van der Waals surface area contributed by atoms with E-state index in [4.69, 9.17) is 0 Å². The number of halogens is 1. The van der Waals surface area contributed by atoms with Gasteiger partial charge >= 0.3 is 0 Å². The lowest BCUT2D eigenvalue weighted by molar-refractivity contribution is 0.0764. The van der Waals surface area contributed by atoms with Crippen molar-refractivity contribution in [1.29, 1.82) is 0 Å². The molecule has 2 rings (SSSR count). The molecule has 0 spiro atoms. The van der Waals surface area contributed by atoms with E-state index in [0.717, 1.165) is 0 Å². The van der Waals surface area contributed by atoms with E-state index < -0.39 is 6.10 Å². The minimum Gasteiger partial charge on any atom is -0.507 e. The number of phenolic OH excluding ortho intramolecular Hbond substituents is 1. The van der Waals surface area contributed by atoms with Gasteiger partial charge in [0.1, 0.15) is 5.75 Å². The lowest BCUT2D eigenvalue weighted by Crippen LogP contribution is -2.29. The normalized spacial score (nSPS) is 20.1. The summed E-state index contributed by atoms with van der Waals surface area (Å²) in [6, 6.07) is 4.71. The van der Waals surface area contributed by atoms with E-state index in [-0.39, 0.29) is 11.7 Å². The molecular weight excluding hydrogens is 274 g/mol. The predicted octanol–water partition coefficient (Wildman–Crippen LogP) is 1.36. The molecular formula is C11H12BrNO3. The first-order valence-corrected chi connectivity index (χ1v) is 5.83. The largest absolute Gasteiger partial charge is 0.507 e. The number of aromatic hydroxyl groups is 1. The number of benzene rings is 1. The Kier molecular flexibility index (Phi) is 3.16. The van der Waals surface area contributed by atoms with Crippen LogP contribution in [0.2, 0.25) is 0 Å². The second-order valence-electron chi connectivity index (χ2n) is 3.86. The van der Waals surface area contributed by atoms with Crippen LogP contribution in [0.25, 0.3) is 0 Å². The van der Waals surface area contributed by atoms with Gasteiger partial charge in [0, 0.05) is 18.7 Å². The van der Waals surface area contributed by atoms with Crippen LogP contribution in [0.15, 0.2) is 22.7 Å². The molecule has 0 aromatic heterocycles. The number of aliphatic hydroxyl groups is 1. The molecule has 0 aliphatic carbocycles. The Balaban J connectivity index is 2.18. The van der Waals surface area contributed by atoms with Gasteiger partial charge in [-0.05, 0) is 40.5 Å². The molecule has 1 unspecified atom stereocenters. The van der Waals surface area contributed by atoms with Crippen molar-refractivity contribution in [3.63, 3.8) is 0 Å². The molecule has 0 saturated carbocycles. The van der Waals surface area contributed by atoms with Crippen molar-refractivity contribution in [2.45, 2.75) is 12.5 Å². The zero-order valence-electron chi connectivity index (χ0n) is 8.56. The first-order valence-electron chi connectivity index (χ1n) is 5.04. The monoisotopic (exact) mass is 285 g/mol. The number of carbonyl (C=O) groups excluding carboxylic acids is 1. The van der Waals surface area contributed by atoms with E-state index >= 15 is 0 Å². The lowest BCUT2D eigenvalue weighted by Gasteiger charge is -2.15. The van der Waals surface area contributed by atoms with Crippen LogP contribution in [-0.2, 0) is 0 Å². The van der Waals surface area contributed by atoms with Crippen LogP contribution in [0.5, 0.6) is 5.75 Å². The maximum Gasteiger partial charge on any atom is 0.254 e. The molecule has 1 aliphatic heterocycles. The highest BCUT2D eigenvalue weighted by Gasteiger charge is 2.25. The highest BCUT2D eigenvalue weighted by atomic mass is 79.9. The molecule has 1 heterocycles. The smallest absolute Gasteiger partial charge is 0.254 e. The average molecular weight is 286 g/mol. The first kappa shape index (κ1) is 11.4. The highest BCUT2D eigenvalue weighted by Crippen LogP contribution is 2.25. The van der Waals surface area contributed by atoms with Gasteiger partial charge in [-0.1, -0.05) is 0 Å². The van der Waals surface area contributed by atoms with Crippen molar-refractivity contribution in [2.24, 2.45) is 0 Å². The molecule has 1 atom stereocenters. The minimum atomic E-state index is -0.423. The van der Waals surface area contributed by atoms with Gasteiger partial charge in [-0.2, -0.15) is 0 Å². The van der Waals surface area contributed by atoms with Crippen molar-refractivity contribution in [3.05, 3.63) is 28.2 Å². The van der Waals surface area contributed by atoms with Gasteiger partial charge < -0.3 is 15.1 Å². The summed E-state index contributed by atoms with van der Waals surface area (Å²) in [7, 11) is 0. The van der Waals surface area contributed by atoms with E-state index in [1.54, 1.807) is 17.0 Å². The Hall–Kier alpha value is -1.07. The van der Waals surface area contributed by atoms with Crippen LogP contribution in [0.4, 0.5) is 0 Å². The molecule has 4 nitrogen and oxygen atoms in total. The summed E-state index contributed by atoms with van der Waals surface area (Å²) >= 11 is 3.16. The van der Waals surface area contributed by atoms with Gasteiger partial charge in [0.25, 0.3) is 5.91 Å². The van der Waals surface area contributed by atoms with Gasteiger partial charge in [0.15, 0.2) is 0 Å². The predicted molar refractivity (Wildman–Crippen MR) is 62.3 cm³/mol. The standard InChI is InChI=1S/C11H12BrNO3/c12-9-2-1-7(5-10(9)15)11(16)13-4-3-8(14)6-13/h1-2,5,8,14-15H,3-4,6H2. The number of hydrogen-bond acceptors (Lipinski definition) is 3. The Morgan fingerprint density at radius 3 is 2.81 bits per heavy atom. The second-order valence-corrected chi connectivity index (χ2v) is 4.71. The Morgan fingerprint density at radius 1 is 1.50 bits per heavy atom. The summed E-state index contributed by atoms with van der Waals surface area (Å²) in [5.41, 5.74) is 0.440. The van der Waals surface area contributed by atoms with E-state index in [2.05, 4.69) is 15.9 Å². The third kappa shape index (κ3) is 2.20. The van der Waals surface area contributed by atoms with Crippen LogP contribution in [0.1, 0.15) is 16.8 Å². The van der Waals surface area contributed by atoms with Gasteiger partial charge in [-0.25, -0.2) is 0 Å². The fourth-order valence-corrected chi connectivity index (χ4v) is 2.00. The van der Waals surface area contributed by atoms with E-state index in [1.807, 2.05) is 0 Å². The van der Waals surface area contributed by atoms with Crippen molar-refractivity contribution < 1.29 is 15.0 Å². The number of amides is 1. The van der Waals surface area contributed by atoms with Crippen molar-refractivity contribution in [2.75, 3.05) is 13.1 Å². The molecule has 0 bridgehead atoms. The molecule has 1 amide bonds. The zero-order chi connectivity index (χ0) is 11.7. The van der Waals surface area contributed by atoms with Gasteiger partial charge in [-0.3, -0.25) is 4.79 Å². The van der Waals surface area contributed by atoms with Gasteiger partial charge in [0.2, 0.25) is 0 Å². The first-order chi connectivity index (χ1) is 7.58. The Morgan fingerprint density at radius 2 is 2.25 bits per heavy atom. The number of phenols is 1. The van der Waals surface area contributed by atoms with Crippen LogP contribution in [0, 0.1) is 0 Å². The third-order valence-electron chi connectivity index (χ3n) is 2.64. The van der Waals surface area contributed by atoms with Crippen LogP contribution in [-0.4, -0.2) is 40.2 Å². The topological polar surface area (TPSA) is 60.8 Å². The molecule has 0 radical (unpaired) electrons. The quantitative estimate of drug-likeness (QED) is 0.819. The number of nitrogens with zero attached hydrogens (tertiary/aromatic N) is 1. The fraction of sp³-hybridized carbons (Fsp3) is 0.364. The second kappa shape index (κ2) is 4.43. The van der Waals surface area contributed by atoms with Crippen molar-refractivity contribution in [3.8, 4) is 5.75 Å². The zero-order valence-corrected chi connectivity index (χ0v) is 10.1. The van der Waals surface area contributed by atoms with Gasteiger partial charge in [-0.15, -0.1) is 0 Å². The average Bonchev–Trinajstić information content (AvgIpc) is 2.68. The molecule has 16 heavy (non-hydrogen) atoms. The number of likely N-dealkylation sites (tertiary alicyclic amines) is 1. The number of β-amino-alcohol motifs (C(OH)–C–C–N with tert-alkyl or cyclic N) is 1. The molecule has 86 valence electrons. The fourth-order valence-electron chi connectivity index (χ4n) is 1.75. The van der Waals surface area contributed by atoms with E-state index in [9.17, 15) is 15.0 Å².